The van der Waals surface area contributed by atoms with Crippen LogP contribution in [0, 0.1) is 19.8 Å². The predicted octanol–water partition coefficient (Wildman–Crippen LogP) is 4.02. The molecule has 0 saturated heterocycles. The highest BCUT2D eigenvalue weighted by Gasteiger charge is 2.20. The van der Waals surface area contributed by atoms with Crippen molar-refractivity contribution in [2.45, 2.75) is 59.4 Å². The van der Waals surface area contributed by atoms with Crippen molar-refractivity contribution in [2.75, 3.05) is 0 Å². The standard InChI is InChI=1S/C16H28N2/c1-5-7-8-14(6-2)16(18-17)15-10-12(3)9-13(4)11-15/h9-11,14,16,18H,5-8,17H2,1-4H3. The van der Waals surface area contributed by atoms with E-state index in [1.807, 2.05) is 0 Å². The van der Waals surface area contributed by atoms with Gasteiger partial charge in [-0.1, -0.05) is 62.4 Å². The summed E-state index contributed by atoms with van der Waals surface area (Å²) in [7, 11) is 0. The molecule has 0 heterocycles. The van der Waals surface area contributed by atoms with Crippen LogP contribution < -0.4 is 11.3 Å². The second kappa shape index (κ2) is 7.55. The molecule has 1 aromatic carbocycles. The molecule has 3 N–H and O–H groups in total. The van der Waals surface area contributed by atoms with Crippen molar-refractivity contribution in [3.05, 3.63) is 34.9 Å². The van der Waals surface area contributed by atoms with E-state index in [4.69, 9.17) is 5.84 Å². The van der Waals surface area contributed by atoms with Gasteiger partial charge in [0.1, 0.15) is 0 Å². The average molecular weight is 248 g/mol. The quantitative estimate of drug-likeness (QED) is 0.565. The molecule has 0 aliphatic rings. The van der Waals surface area contributed by atoms with E-state index >= 15 is 0 Å². The highest BCUT2D eigenvalue weighted by molar-refractivity contribution is 5.31. The summed E-state index contributed by atoms with van der Waals surface area (Å²) in [6, 6.07) is 7.00. The summed E-state index contributed by atoms with van der Waals surface area (Å²) in [5, 5.41) is 0. The Morgan fingerprint density at radius 1 is 1.11 bits per heavy atom. The van der Waals surface area contributed by atoms with Crippen molar-refractivity contribution in [3.63, 3.8) is 0 Å². The number of benzene rings is 1. The van der Waals surface area contributed by atoms with Crippen molar-refractivity contribution < 1.29 is 0 Å². The zero-order valence-electron chi connectivity index (χ0n) is 12.3. The predicted molar refractivity (Wildman–Crippen MR) is 79.3 cm³/mol. The normalized spacial score (nSPS) is 14.5. The maximum absolute atomic E-state index is 5.80. The van der Waals surface area contributed by atoms with Crippen LogP contribution in [0.25, 0.3) is 0 Å². The summed E-state index contributed by atoms with van der Waals surface area (Å²) in [6.07, 6.45) is 4.94. The fourth-order valence-corrected chi connectivity index (χ4v) is 2.77. The van der Waals surface area contributed by atoms with Gasteiger partial charge in [-0.2, -0.15) is 0 Å². The first kappa shape index (κ1) is 15.2. The van der Waals surface area contributed by atoms with Crippen LogP contribution >= 0.6 is 0 Å². The van der Waals surface area contributed by atoms with Gasteiger partial charge in [-0.15, -0.1) is 0 Å². The lowest BCUT2D eigenvalue weighted by Gasteiger charge is -2.26. The van der Waals surface area contributed by atoms with Crippen LogP contribution in [0.3, 0.4) is 0 Å². The Balaban J connectivity index is 2.91. The lowest BCUT2D eigenvalue weighted by atomic mass is 9.86. The van der Waals surface area contributed by atoms with Crippen LogP contribution in [0.15, 0.2) is 18.2 Å². The van der Waals surface area contributed by atoms with Crippen LogP contribution in [0.5, 0.6) is 0 Å². The Bertz CT molecular complexity index is 340. The van der Waals surface area contributed by atoms with Crippen molar-refractivity contribution in [1.82, 2.24) is 5.43 Å². The SMILES string of the molecule is CCCCC(CC)C(NN)c1cc(C)cc(C)c1. The van der Waals surface area contributed by atoms with Crippen LogP contribution in [-0.2, 0) is 0 Å². The number of rotatable bonds is 7. The van der Waals surface area contributed by atoms with Gasteiger partial charge in [0.05, 0.1) is 0 Å². The van der Waals surface area contributed by atoms with E-state index in [1.165, 1.54) is 42.4 Å². The molecule has 2 atom stereocenters. The third kappa shape index (κ3) is 4.11. The number of nitrogens with two attached hydrogens (primary N) is 1. The van der Waals surface area contributed by atoms with E-state index in [0.29, 0.717) is 5.92 Å². The summed E-state index contributed by atoms with van der Waals surface area (Å²) in [4.78, 5) is 0. The molecule has 1 aromatic rings. The molecule has 102 valence electrons. The van der Waals surface area contributed by atoms with E-state index in [9.17, 15) is 0 Å². The topological polar surface area (TPSA) is 38.0 Å². The lowest BCUT2D eigenvalue weighted by Crippen LogP contribution is -2.33. The molecule has 2 nitrogen and oxygen atoms in total. The monoisotopic (exact) mass is 248 g/mol. The highest BCUT2D eigenvalue weighted by Crippen LogP contribution is 2.29. The molecule has 0 aliphatic carbocycles. The van der Waals surface area contributed by atoms with Gasteiger partial charge in [0.15, 0.2) is 0 Å². The largest absolute Gasteiger partial charge is 0.271 e. The molecule has 2 heteroatoms. The number of hydrogen-bond donors (Lipinski definition) is 2. The summed E-state index contributed by atoms with van der Waals surface area (Å²) in [5.41, 5.74) is 6.99. The summed E-state index contributed by atoms with van der Waals surface area (Å²) in [5.74, 6) is 6.42. The molecule has 0 spiro atoms. The van der Waals surface area contributed by atoms with Crippen LogP contribution in [0.1, 0.15) is 62.3 Å². The van der Waals surface area contributed by atoms with Crippen molar-refractivity contribution in [1.29, 1.82) is 0 Å². The zero-order chi connectivity index (χ0) is 13.5. The van der Waals surface area contributed by atoms with Gasteiger partial charge in [-0.25, -0.2) is 0 Å². The Hall–Kier alpha value is -0.860. The Morgan fingerprint density at radius 2 is 1.72 bits per heavy atom. The number of aryl methyl sites for hydroxylation is 2. The van der Waals surface area contributed by atoms with Gasteiger partial charge in [-0.3, -0.25) is 11.3 Å². The minimum Gasteiger partial charge on any atom is -0.271 e. The molecule has 2 unspecified atom stereocenters. The van der Waals surface area contributed by atoms with Gasteiger partial charge in [0, 0.05) is 6.04 Å². The van der Waals surface area contributed by atoms with Gasteiger partial charge in [0.25, 0.3) is 0 Å². The minimum absolute atomic E-state index is 0.278. The second-order valence-electron chi connectivity index (χ2n) is 5.38. The molecular formula is C16H28N2. The molecule has 18 heavy (non-hydrogen) atoms. The molecule has 0 amide bonds. The van der Waals surface area contributed by atoms with Gasteiger partial charge in [-0.05, 0) is 31.7 Å². The van der Waals surface area contributed by atoms with Crippen molar-refractivity contribution in [2.24, 2.45) is 11.8 Å². The fraction of sp³-hybridized carbons (Fsp3) is 0.625. The van der Waals surface area contributed by atoms with Gasteiger partial charge >= 0.3 is 0 Å². The number of nitrogens with one attached hydrogen (secondary N) is 1. The summed E-state index contributed by atoms with van der Waals surface area (Å²) >= 11 is 0. The molecule has 0 aliphatic heterocycles. The maximum atomic E-state index is 5.80. The Kier molecular flexibility index (Phi) is 6.37. The molecule has 1 rings (SSSR count). The smallest absolute Gasteiger partial charge is 0.0488 e. The van der Waals surface area contributed by atoms with Crippen LogP contribution in [0.2, 0.25) is 0 Å². The number of hydrazine groups is 1. The van der Waals surface area contributed by atoms with Gasteiger partial charge < -0.3 is 0 Å². The molecule has 0 fully saturated rings. The first-order chi connectivity index (χ1) is 8.62. The van der Waals surface area contributed by atoms with Crippen molar-refractivity contribution >= 4 is 0 Å². The summed E-state index contributed by atoms with van der Waals surface area (Å²) in [6.45, 7) is 8.80. The maximum Gasteiger partial charge on any atom is 0.0488 e. The zero-order valence-corrected chi connectivity index (χ0v) is 12.3. The molecule has 0 aromatic heterocycles. The van der Waals surface area contributed by atoms with E-state index in [-0.39, 0.29) is 6.04 Å². The van der Waals surface area contributed by atoms with E-state index in [1.54, 1.807) is 0 Å². The summed E-state index contributed by atoms with van der Waals surface area (Å²) < 4.78 is 0. The van der Waals surface area contributed by atoms with Crippen LogP contribution in [0.4, 0.5) is 0 Å². The third-order valence-corrected chi connectivity index (χ3v) is 3.71. The molecule has 0 bridgehead atoms. The third-order valence-electron chi connectivity index (χ3n) is 3.71. The lowest BCUT2D eigenvalue weighted by molar-refractivity contribution is 0.326. The molecule has 0 radical (unpaired) electrons. The first-order valence-corrected chi connectivity index (χ1v) is 7.16. The fourth-order valence-electron chi connectivity index (χ4n) is 2.77. The van der Waals surface area contributed by atoms with E-state index in [0.717, 1.165) is 0 Å². The average Bonchev–Trinajstić information content (AvgIpc) is 2.33. The highest BCUT2D eigenvalue weighted by atomic mass is 15.2. The second-order valence-corrected chi connectivity index (χ2v) is 5.38. The minimum atomic E-state index is 0.278. The van der Waals surface area contributed by atoms with Crippen LogP contribution in [-0.4, -0.2) is 0 Å². The Labute approximate surface area is 112 Å². The number of unbranched alkanes of at least 4 members (excludes halogenated alkanes) is 1. The first-order valence-electron chi connectivity index (χ1n) is 7.16. The van der Waals surface area contributed by atoms with Crippen molar-refractivity contribution in [3.8, 4) is 0 Å². The molecule has 0 saturated carbocycles. The van der Waals surface area contributed by atoms with E-state index in [2.05, 4.69) is 51.3 Å². The van der Waals surface area contributed by atoms with E-state index < -0.39 is 0 Å². The number of hydrogen-bond acceptors (Lipinski definition) is 2. The molecular weight excluding hydrogens is 220 g/mol. The van der Waals surface area contributed by atoms with Gasteiger partial charge in [0.2, 0.25) is 0 Å². The Morgan fingerprint density at radius 3 is 2.17 bits per heavy atom.